The number of rotatable bonds is 4. The molecule has 0 aromatic carbocycles. The molecule has 0 spiro atoms. The van der Waals surface area contributed by atoms with Crippen LogP contribution in [0, 0.1) is 0 Å². The molecule has 0 atom stereocenters. The third-order valence-electron chi connectivity index (χ3n) is 2.11. The Balaban J connectivity index is 2.62. The molecule has 0 bridgehead atoms. The molecule has 1 heterocycles. The van der Waals surface area contributed by atoms with Gasteiger partial charge in [-0.05, 0) is 17.7 Å². The fourth-order valence-electron chi connectivity index (χ4n) is 1.18. The van der Waals surface area contributed by atoms with Crippen molar-refractivity contribution in [2.45, 2.75) is 19.2 Å². The minimum absolute atomic E-state index is 0.147. The number of aromatic nitrogens is 1. The summed E-state index contributed by atoms with van der Waals surface area (Å²) in [5.41, 5.74) is 0.629. The van der Waals surface area contributed by atoms with E-state index in [1.54, 1.807) is 12.1 Å². The van der Waals surface area contributed by atoms with Crippen LogP contribution in [-0.4, -0.2) is 29.9 Å². The van der Waals surface area contributed by atoms with Gasteiger partial charge in [-0.3, -0.25) is 0 Å². The Morgan fingerprint density at radius 1 is 1.44 bits per heavy atom. The lowest BCUT2D eigenvalue weighted by molar-refractivity contribution is -0.132. The highest BCUT2D eigenvalue weighted by Gasteiger charge is 2.27. The van der Waals surface area contributed by atoms with Crippen LogP contribution in [0.5, 0.6) is 0 Å². The first-order valence-corrected chi connectivity index (χ1v) is 4.76. The van der Waals surface area contributed by atoms with Crippen LogP contribution >= 0.6 is 0 Å². The molecule has 0 aliphatic rings. The smallest absolute Gasteiger partial charge is 0.390 e. The topological polar surface area (TPSA) is 36.4 Å². The standard InChI is InChI=1S/C10H13F3N2O/c1-15(5-3-10(11,12)13)9-6-8(7-16)2-4-14-9/h2,4,6,16H,3,5,7H2,1H3. The second kappa shape index (κ2) is 5.16. The minimum atomic E-state index is -4.16. The molecule has 16 heavy (non-hydrogen) atoms. The molecule has 1 N–H and O–H groups in total. The lowest BCUT2D eigenvalue weighted by Crippen LogP contribution is -2.24. The van der Waals surface area contributed by atoms with Crippen LogP contribution in [0.3, 0.4) is 0 Å². The Bertz CT molecular complexity index is 341. The maximum Gasteiger partial charge on any atom is 0.390 e. The normalized spacial score (nSPS) is 11.6. The molecule has 6 heteroatoms. The third kappa shape index (κ3) is 4.06. The van der Waals surface area contributed by atoms with E-state index in [-0.39, 0.29) is 13.2 Å². The zero-order chi connectivity index (χ0) is 12.2. The Labute approximate surface area is 91.5 Å². The van der Waals surface area contributed by atoms with Crippen molar-refractivity contribution >= 4 is 5.82 Å². The van der Waals surface area contributed by atoms with E-state index in [0.717, 1.165) is 0 Å². The molecule has 0 saturated heterocycles. The van der Waals surface area contributed by atoms with Gasteiger partial charge < -0.3 is 10.0 Å². The molecule has 1 rings (SSSR count). The molecule has 1 aromatic rings. The Hall–Kier alpha value is -1.30. The van der Waals surface area contributed by atoms with E-state index < -0.39 is 12.6 Å². The third-order valence-corrected chi connectivity index (χ3v) is 2.11. The van der Waals surface area contributed by atoms with Gasteiger partial charge in [0.2, 0.25) is 0 Å². The largest absolute Gasteiger partial charge is 0.392 e. The number of anilines is 1. The van der Waals surface area contributed by atoms with Gasteiger partial charge in [0.1, 0.15) is 5.82 Å². The SMILES string of the molecule is CN(CCC(F)(F)F)c1cc(CO)ccn1. The Morgan fingerprint density at radius 3 is 2.69 bits per heavy atom. The summed E-state index contributed by atoms with van der Waals surface area (Å²) in [6.07, 6.45) is -3.58. The number of halogens is 3. The molecular weight excluding hydrogens is 221 g/mol. The van der Waals surface area contributed by atoms with E-state index in [0.29, 0.717) is 11.4 Å². The summed E-state index contributed by atoms with van der Waals surface area (Å²) < 4.78 is 36.0. The van der Waals surface area contributed by atoms with Crippen LogP contribution < -0.4 is 4.90 Å². The molecule has 0 unspecified atom stereocenters. The fraction of sp³-hybridized carbons (Fsp3) is 0.500. The molecule has 3 nitrogen and oxygen atoms in total. The van der Waals surface area contributed by atoms with Gasteiger partial charge in [-0.2, -0.15) is 13.2 Å². The number of aliphatic hydroxyl groups excluding tert-OH is 1. The number of pyridine rings is 1. The van der Waals surface area contributed by atoms with Crippen molar-refractivity contribution in [2.24, 2.45) is 0 Å². The van der Waals surface area contributed by atoms with Gasteiger partial charge in [-0.25, -0.2) is 4.98 Å². The minimum Gasteiger partial charge on any atom is -0.392 e. The predicted molar refractivity (Wildman–Crippen MR) is 54.1 cm³/mol. The zero-order valence-electron chi connectivity index (χ0n) is 8.83. The molecule has 0 saturated carbocycles. The van der Waals surface area contributed by atoms with Gasteiger partial charge in [0.05, 0.1) is 13.0 Å². The van der Waals surface area contributed by atoms with Crippen LogP contribution in [0.4, 0.5) is 19.0 Å². The van der Waals surface area contributed by atoms with Gasteiger partial charge in [-0.1, -0.05) is 0 Å². The molecule has 0 radical (unpaired) electrons. The lowest BCUT2D eigenvalue weighted by Gasteiger charge is -2.19. The first kappa shape index (κ1) is 12.8. The van der Waals surface area contributed by atoms with Crippen molar-refractivity contribution in [3.63, 3.8) is 0 Å². The molecule has 1 aromatic heterocycles. The summed E-state index contributed by atoms with van der Waals surface area (Å²) in [5, 5.41) is 8.88. The second-order valence-electron chi connectivity index (χ2n) is 3.47. The number of nitrogens with zero attached hydrogens (tertiary/aromatic N) is 2. The fourth-order valence-corrected chi connectivity index (χ4v) is 1.18. The van der Waals surface area contributed by atoms with Crippen molar-refractivity contribution < 1.29 is 18.3 Å². The molecule has 0 aliphatic heterocycles. The quantitative estimate of drug-likeness (QED) is 0.865. The van der Waals surface area contributed by atoms with Crippen molar-refractivity contribution in [1.82, 2.24) is 4.98 Å². The van der Waals surface area contributed by atoms with Crippen molar-refractivity contribution in [2.75, 3.05) is 18.5 Å². The monoisotopic (exact) mass is 234 g/mol. The highest BCUT2D eigenvalue weighted by atomic mass is 19.4. The van der Waals surface area contributed by atoms with Gasteiger partial charge in [0, 0.05) is 19.8 Å². The van der Waals surface area contributed by atoms with Crippen LogP contribution in [0.25, 0.3) is 0 Å². The van der Waals surface area contributed by atoms with Crippen LogP contribution in [0.15, 0.2) is 18.3 Å². The van der Waals surface area contributed by atoms with Crippen LogP contribution in [-0.2, 0) is 6.61 Å². The van der Waals surface area contributed by atoms with E-state index in [4.69, 9.17) is 5.11 Å². The highest BCUT2D eigenvalue weighted by Crippen LogP contribution is 2.21. The van der Waals surface area contributed by atoms with E-state index in [1.807, 2.05) is 0 Å². The van der Waals surface area contributed by atoms with E-state index in [2.05, 4.69) is 4.98 Å². The number of alkyl halides is 3. The van der Waals surface area contributed by atoms with Gasteiger partial charge in [0.15, 0.2) is 0 Å². The predicted octanol–water partition coefficient (Wildman–Crippen LogP) is 1.96. The number of aliphatic hydroxyl groups is 1. The van der Waals surface area contributed by atoms with Gasteiger partial charge >= 0.3 is 6.18 Å². The maximum atomic E-state index is 12.0. The molecule has 0 aliphatic carbocycles. The Morgan fingerprint density at radius 2 is 2.12 bits per heavy atom. The van der Waals surface area contributed by atoms with E-state index in [9.17, 15) is 13.2 Å². The zero-order valence-corrected chi connectivity index (χ0v) is 8.83. The first-order valence-electron chi connectivity index (χ1n) is 4.76. The average Bonchev–Trinajstić information content (AvgIpc) is 2.25. The molecule has 90 valence electrons. The van der Waals surface area contributed by atoms with Gasteiger partial charge in [-0.15, -0.1) is 0 Å². The van der Waals surface area contributed by atoms with Crippen molar-refractivity contribution in [1.29, 1.82) is 0 Å². The highest BCUT2D eigenvalue weighted by molar-refractivity contribution is 5.39. The Kier molecular flexibility index (Phi) is 4.12. The summed E-state index contributed by atoms with van der Waals surface area (Å²) in [7, 11) is 1.54. The average molecular weight is 234 g/mol. The summed E-state index contributed by atoms with van der Waals surface area (Å²) >= 11 is 0. The van der Waals surface area contributed by atoms with Crippen LogP contribution in [0.1, 0.15) is 12.0 Å². The summed E-state index contributed by atoms with van der Waals surface area (Å²) in [5.74, 6) is 0.427. The number of hydrogen-bond donors (Lipinski definition) is 1. The summed E-state index contributed by atoms with van der Waals surface area (Å²) in [4.78, 5) is 5.34. The second-order valence-corrected chi connectivity index (χ2v) is 3.47. The van der Waals surface area contributed by atoms with Gasteiger partial charge in [0.25, 0.3) is 0 Å². The van der Waals surface area contributed by atoms with Crippen LogP contribution in [0.2, 0.25) is 0 Å². The molecule has 0 amide bonds. The summed E-state index contributed by atoms with van der Waals surface area (Å²) in [6, 6.07) is 3.18. The maximum absolute atomic E-state index is 12.0. The number of hydrogen-bond acceptors (Lipinski definition) is 3. The van der Waals surface area contributed by atoms with Crippen molar-refractivity contribution in [3.05, 3.63) is 23.9 Å². The van der Waals surface area contributed by atoms with E-state index in [1.165, 1.54) is 18.1 Å². The first-order chi connectivity index (χ1) is 7.42. The summed E-state index contributed by atoms with van der Waals surface area (Å²) in [6.45, 7) is -0.298. The van der Waals surface area contributed by atoms with E-state index >= 15 is 0 Å². The van der Waals surface area contributed by atoms with Crippen molar-refractivity contribution in [3.8, 4) is 0 Å². The lowest BCUT2D eigenvalue weighted by atomic mass is 10.2. The molecular formula is C10H13F3N2O. The molecule has 0 fully saturated rings.